The predicted molar refractivity (Wildman–Crippen MR) is 155 cm³/mol. The predicted octanol–water partition coefficient (Wildman–Crippen LogP) is 5.38. The van der Waals surface area contributed by atoms with E-state index in [0.29, 0.717) is 11.5 Å². The molecule has 2 aromatic rings. The van der Waals surface area contributed by atoms with E-state index in [-0.39, 0.29) is 12.5 Å². The van der Waals surface area contributed by atoms with E-state index in [4.69, 9.17) is 4.74 Å². The van der Waals surface area contributed by atoms with Crippen molar-refractivity contribution in [2.24, 2.45) is 4.99 Å². The van der Waals surface area contributed by atoms with Gasteiger partial charge in [0.15, 0.2) is 0 Å². The van der Waals surface area contributed by atoms with Crippen LogP contribution >= 0.6 is 0 Å². The van der Waals surface area contributed by atoms with Gasteiger partial charge in [0.2, 0.25) is 0 Å². The number of piperidine rings is 1. The minimum Gasteiger partial charge on any atom is -0.459 e. The normalized spacial score (nSPS) is 17.3. The summed E-state index contributed by atoms with van der Waals surface area (Å²) in [6.07, 6.45) is 9.17. The van der Waals surface area contributed by atoms with Gasteiger partial charge in [-0.3, -0.25) is 14.5 Å². The number of anilines is 2. The van der Waals surface area contributed by atoms with Crippen LogP contribution in [0.25, 0.3) is 12.2 Å². The molecule has 2 heterocycles. The standard InChI is InChI=1S/C31H38N4O3/c1-31(2,3)38-29(36)22-35-28(18-13-23-9-14-25(15-10-23)33(4)5)32-27(30(35)37)21-24-11-16-26(17-12-24)34-19-7-6-8-20-34/h9-18,21H,6-8,19-20,22H2,1-5H3/b18-13+,27-21+. The molecule has 4 rings (SSSR count). The number of carbonyl (C=O) groups is 2. The lowest BCUT2D eigenvalue weighted by Crippen LogP contribution is -2.39. The van der Waals surface area contributed by atoms with Crippen LogP contribution in [0.3, 0.4) is 0 Å². The highest BCUT2D eigenvalue weighted by atomic mass is 16.6. The summed E-state index contributed by atoms with van der Waals surface area (Å²) in [5, 5.41) is 0. The van der Waals surface area contributed by atoms with Crippen LogP contribution in [0.2, 0.25) is 0 Å². The molecule has 0 aliphatic carbocycles. The van der Waals surface area contributed by atoms with Crippen molar-refractivity contribution in [1.29, 1.82) is 0 Å². The second kappa shape index (κ2) is 11.7. The lowest BCUT2D eigenvalue weighted by molar-refractivity contribution is -0.156. The second-order valence-electron chi connectivity index (χ2n) is 10.9. The average molecular weight is 515 g/mol. The number of aliphatic imine (C=N–C) groups is 1. The Morgan fingerprint density at radius 1 is 0.947 bits per heavy atom. The zero-order valence-electron chi connectivity index (χ0n) is 23.1. The van der Waals surface area contributed by atoms with E-state index in [1.165, 1.54) is 29.8 Å². The lowest BCUT2D eigenvalue weighted by Gasteiger charge is -2.28. The van der Waals surface area contributed by atoms with E-state index in [1.807, 2.05) is 82.2 Å². The number of carbonyl (C=O) groups excluding carboxylic acids is 2. The summed E-state index contributed by atoms with van der Waals surface area (Å²) < 4.78 is 5.48. The summed E-state index contributed by atoms with van der Waals surface area (Å²) >= 11 is 0. The third-order valence-electron chi connectivity index (χ3n) is 6.44. The SMILES string of the molecule is CN(C)c1ccc(/C=C/C2=NC(=C/c3ccc(N4CCCCC4)cc3)/C(=O)N2CC(=O)OC(C)(C)C)cc1. The third-order valence-corrected chi connectivity index (χ3v) is 6.44. The van der Waals surface area contributed by atoms with Crippen molar-refractivity contribution in [3.63, 3.8) is 0 Å². The number of ether oxygens (including phenoxy) is 1. The number of hydrogen-bond acceptors (Lipinski definition) is 6. The van der Waals surface area contributed by atoms with Crippen LogP contribution in [-0.4, -0.2) is 61.9 Å². The first-order valence-electron chi connectivity index (χ1n) is 13.2. The molecule has 0 atom stereocenters. The van der Waals surface area contributed by atoms with Crippen LogP contribution in [0.5, 0.6) is 0 Å². The van der Waals surface area contributed by atoms with E-state index in [0.717, 1.165) is 29.9 Å². The minimum absolute atomic E-state index is 0.204. The van der Waals surface area contributed by atoms with Crippen LogP contribution in [0.4, 0.5) is 11.4 Å². The van der Waals surface area contributed by atoms with Gasteiger partial charge in [-0.05, 0) is 87.6 Å². The fourth-order valence-corrected chi connectivity index (χ4v) is 4.50. The molecule has 7 nitrogen and oxygen atoms in total. The fraction of sp³-hybridized carbons (Fsp3) is 0.387. The van der Waals surface area contributed by atoms with Crippen LogP contribution in [-0.2, 0) is 14.3 Å². The Hall–Kier alpha value is -3.87. The van der Waals surface area contributed by atoms with Gasteiger partial charge in [-0.1, -0.05) is 30.3 Å². The molecule has 1 saturated heterocycles. The van der Waals surface area contributed by atoms with Gasteiger partial charge in [-0.2, -0.15) is 0 Å². The number of amides is 1. The Kier molecular flexibility index (Phi) is 8.35. The summed E-state index contributed by atoms with van der Waals surface area (Å²) in [6, 6.07) is 16.3. The van der Waals surface area contributed by atoms with E-state index in [1.54, 1.807) is 12.2 Å². The highest BCUT2D eigenvalue weighted by Gasteiger charge is 2.32. The van der Waals surface area contributed by atoms with E-state index in [2.05, 4.69) is 22.0 Å². The highest BCUT2D eigenvalue weighted by molar-refractivity contribution is 6.19. The largest absolute Gasteiger partial charge is 0.459 e. The van der Waals surface area contributed by atoms with Gasteiger partial charge in [-0.15, -0.1) is 0 Å². The Bertz CT molecular complexity index is 1230. The molecule has 0 radical (unpaired) electrons. The Labute approximate surface area is 226 Å². The van der Waals surface area contributed by atoms with E-state index < -0.39 is 11.6 Å². The van der Waals surface area contributed by atoms with Crippen molar-refractivity contribution in [3.05, 3.63) is 71.4 Å². The van der Waals surface area contributed by atoms with E-state index >= 15 is 0 Å². The second-order valence-corrected chi connectivity index (χ2v) is 10.9. The summed E-state index contributed by atoms with van der Waals surface area (Å²) in [5.74, 6) is -0.387. The average Bonchev–Trinajstić information content (AvgIpc) is 3.16. The molecule has 0 aromatic heterocycles. The third kappa shape index (κ3) is 7.12. The molecule has 200 valence electrons. The molecule has 0 spiro atoms. The molecular weight excluding hydrogens is 476 g/mol. The molecule has 0 saturated carbocycles. The summed E-state index contributed by atoms with van der Waals surface area (Å²) in [7, 11) is 3.99. The molecule has 0 bridgehead atoms. The monoisotopic (exact) mass is 514 g/mol. The van der Waals surface area contributed by atoms with Crippen molar-refractivity contribution in [3.8, 4) is 0 Å². The number of esters is 1. The zero-order valence-corrected chi connectivity index (χ0v) is 23.1. The van der Waals surface area contributed by atoms with Gasteiger partial charge in [0.1, 0.15) is 23.7 Å². The van der Waals surface area contributed by atoms with Gasteiger partial charge in [-0.25, -0.2) is 4.99 Å². The maximum Gasteiger partial charge on any atom is 0.326 e. The number of rotatable bonds is 7. The number of benzene rings is 2. The quantitative estimate of drug-likeness (QED) is 0.367. The minimum atomic E-state index is -0.643. The first-order chi connectivity index (χ1) is 18.1. The summed E-state index contributed by atoms with van der Waals surface area (Å²) in [5.41, 5.74) is 3.80. The Morgan fingerprint density at radius 2 is 1.58 bits per heavy atom. The van der Waals surface area contributed by atoms with Gasteiger partial charge in [0, 0.05) is 38.6 Å². The molecule has 0 N–H and O–H groups in total. The maximum atomic E-state index is 13.4. The van der Waals surface area contributed by atoms with Gasteiger partial charge < -0.3 is 14.5 Å². The molecule has 38 heavy (non-hydrogen) atoms. The van der Waals surface area contributed by atoms with Crippen molar-refractivity contribution in [2.45, 2.75) is 45.6 Å². The molecule has 1 fully saturated rings. The molecule has 7 heteroatoms. The Balaban J connectivity index is 1.57. The first-order valence-corrected chi connectivity index (χ1v) is 13.2. The fourth-order valence-electron chi connectivity index (χ4n) is 4.50. The van der Waals surface area contributed by atoms with Crippen molar-refractivity contribution >= 4 is 41.2 Å². The van der Waals surface area contributed by atoms with Crippen LogP contribution in [0.15, 0.2) is 65.3 Å². The number of nitrogens with zero attached hydrogens (tertiary/aromatic N) is 4. The topological polar surface area (TPSA) is 65.5 Å². The van der Waals surface area contributed by atoms with Gasteiger partial charge >= 0.3 is 5.97 Å². The van der Waals surface area contributed by atoms with Crippen molar-refractivity contribution < 1.29 is 14.3 Å². The molecule has 0 unspecified atom stereocenters. The zero-order chi connectivity index (χ0) is 27.3. The van der Waals surface area contributed by atoms with Crippen LogP contribution in [0.1, 0.15) is 51.2 Å². The van der Waals surface area contributed by atoms with Crippen molar-refractivity contribution in [1.82, 2.24) is 4.90 Å². The smallest absolute Gasteiger partial charge is 0.326 e. The summed E-state index contributed by atoms with van der Waals surface area (Å²) in [4.78, 5) is 36.4. The van der Waals surface area contributed by atoms with Crippen LogP contribution < -0.4 is 9.80 Å². The molecular formula is C31H38N4O3. The van der Waals surface area contributed by atoms with E-state index in [9.17, 15) is 9.59 Å². The van der Waals surface area contributed by atoms with Crippen LogP contribution in [0, 0.1) is 0 Å². The first kappa shape index (κ1) is 27.2. The number of hydrogen-bond donors (Lipinski definition) is 0. The molecule has 2 aliphatic rings. The maximum absolute atomic E-state index is 13.4. The van der Waals surface area contributed by atoms with Gasteiger partial charge in [0.25, 0.3) is 5.91 Å². The molecule has 1 amide bonds. The summed E-state index contributed by atoms with van der Waals surface area (Å²) in [6.45, 7) is 7.38. The van der Waals surface area contributed by atoms with Crippen molar-refractivity contribution in [2.75, 3.05) is 43.5 Å². The molecule has 2 aliphatic heterocycles. The van der Waals surface area contributed by atoms with Gasteiger partial charge in [0.05, 0.1) is 0 Å². The highest BCUT2D eigenvalue weighted by Crippen LogP contribution is 2.24. The molecule has 2 aromatic carbocycles. The lowest BCUT2D eigenvalue weighted by atomic mass is 10.1. The Morgan fingerprint density at radius 3 is 2.18 bits per heavy atom. The number of amidine groups is 1.